The number of carbonyl (C=O) groups excluding carboxylic acids is 3. The van der Waals surface area contributed by atoms with Crippen LogP contribution in [0.2, 0.25) is 0 Å². The number of benzene rings is 1. The van der Waals surface area contributed by atoms with Gasteiger partial charge in [-0.25, -0.2) is 4.52 Å². The Hall–Kier alpha value is -4.58. The number of fused-ring (bicyclic) bond motifs is 3. The van der Waals surface area contributed by atoms with Crippen LogP contribution in [0.4, 0.5) is 0 Å². The Morgan fingerprint density at radius 2 is 1.92 bits per heavy atom. The van der Waals surface area contributed by atoms with Gasteiger partial charge in [0, 0.05) is 23.6 Å². The molecule has 2 aliphatic rings. The van der Waals surface area contributed by atoms with Gasteiger partial charge in [-0.1, -0.05) is 51.0 Å². The molecular weight excluding hydrogens is 480 g/mol. The van der Waals surface area contributed by atoms with Crippen molar-refractivity contribution in [1.29, 1.82) is 0 Å². The van der Waals surface area contributed by atoms with E-state index in [1.807, 2.05) is 63.2 Å². The molecule has 1 aromatic carbocycles. The maximum atomic E-state index is 13.8. The first kappa shape index (κ1) is 23.8. The van der Waals surface area contributed by atoms with Crippen molar-refractivity contribution in [3.63, 3.8) is 0 Å². The number of para-hydroxylation sites is 1. The van der Waals surface area contributed by atoms with E-state index in [4.69, 9.17) is 6.42 Å². The summed E-state index contributed by atoms with van der Waals surface area (Å²) >= 11 is 0. The average Bonchev–Trinajstić information content (AvgIpc) is 3.51. The van der Waals surface area contributed by atoms with Gasteiger partial charge >= 0.3 is 0 Å². The molecule has 9 nitrogen and oxygen atoms in total. The molecule has 3 atom stereocenters. The minimum absolute atomic E-state index is 0.212. The SMILES string of the molecule is C#CC12CN(C(=O)c3cc4ccccn4n3)C1CN2C(=O)[C@@H](NC(=O)c1cc2ccccc2[nH]1)C(C)(C)C. The summed E-state index contributed by atoms with van der Waals surface area (Å²) in [4.78, 5) is 46.6. The van der Waals surface area contributed by atoms with E-state index < -0.39 is 17.0 Å². The Bertz CT molecular complexity index is 1590. The van der Waals surface area contributed by atoms with E-state index >= 15 is 0 Å². The number of rotatable bonds is 4. The Morgan fingerprint density at radius 1 is 1.16 bits per heavy atom. The third kappa shape index (κ3) is 3.48. The summed E-state index contributed by atoms with van der Waals surface area (Å²) in [6.07, 6.45) is 7.74. The molecule has 9 heteroatoms. The lowest BCUT2D eigenvalue weighted by molar-refractivity contribution is -0.179. The van der Waals surface area contributed by atoms with Crippen molar-refractivity contribution in [3.8, 4) is 12.3 Å². The zero-order chi connectivity index (χ0) is 26.8. The van der Waals surface area contributed by atoms with Crippen LogP contribution in [-0.4, -0.2) is 72.8 Å². The number of piperazine rings is 1. The van der Waals surface area contributed by atoms with Gasteiger partial charge in [0.15, 0.2) is 5.69 Å². The normalized spacial score (nSPS) is 21.3. The fourth-order valence-corrected chi connectivity index (χ4v) is 5.48. The quantitative estimate of drug-likeness (QED) is 0.414. The molecule has 0 spiro atoms. The predicted molar refractivity (Wildman–Crippen MR) is 142 cm³/mol. The second kappa shape index (κ2) is 8.21. The predicted octanol–water partition coefficient (Wildman–Crippen LogP) is 2.70. The lowest BCUT2D eigenvalue weighted by atomic mass is 9.69. The molecule has 0 aliphatic carbocycles. The highest BCUT2D eigenvalue weighted by Crippen LogP contribution is 2.45. The Labute approximate surface area is 219 Å². The van der Waals surface area contributed by atoms with Crippen LogP contribution in [0.15, 0.2) is 60.8 Å². The van der Waals surface area contributed by atoms with Crippen LogP contribution in [0.5, 0.6) is 0 Å². The van der Waals surface area contributed by atoms with E-state index in [0.717, 1.165) is 16.4 Å². The first-order valence-electron chi connectivity index (χ1n) is 12.6. The van der Waals surface area contributed by atoms with E-state index in [2.05, 4.69) is 21.3 Å². The molecule has 3 amide bonds. The minimum atomic E-state index is -0.888. The van der Waals surface area contributed by atoms with E-state index in [1.165, 1.54) is 0 Å². The van der Waals surface area contributed by atoms with E-state index in [9.17, 15) is 14.4 Å². The lowest BCUT2D eigenvalue weighted by Gasteiger charge is -2.68. The molecule has 0 saturated carbocycles. The van der Waals surface area contributed by atoms with Gasteiger partial charge in [-0.15, -0.1) is 6.42 Å². The Kier molecular flexibility index (Phi) is 5.14. The summed E-state index contributed by atoms with van der Waals surface area (Å²) in [6, 6.07) is 15.6. The van der Waals surface area contributed by atoms with Crippen LogP contribution in [0.3, 0.4) is 0 Å². The number of aromatic amines is 1. The first-order valence-corrected chi connectivity index (χ1v) is 12.6. The summed E-state index contributed by atoms with van der Waals surface area (Å²) in [5.41, 5.74) is 0.928. The van der Waals surface area contributed by atoms with Gasteiger partial charge in [0.2, 0.25) is 5.91 Å². The fourth-order valence-electron chi connectivity index (χ4n) is 5.48. The minimum Gasteiger partial charge on any atom is -0.351 e. The van der Waals surface area contributed by atoms with Crippen molar-refractivity contribution in [1.82, 2.24) is 29.7 Å². The summed E-state index contributed by atoms with van der Waals surface area (Å²) < 4.78 is 1.65. The van der Waals surface area contributed by atoms with Crippen LogP contribution < -0.4 is 5.32 Å². The van der Waals surface area contributed by atoms with Crippen LogP contribution in [0, 0.1) is 17.8 Å². The van der Waals surface area contributed by atoms with Gasteiger partial charge in [0.25, 0.3) is 11.8 Å². The van der Waals surface area contributed by atoms with Gasteiger partial charge in [-0.3, -0.25) is 14.4 Å². The van der Waals surface area contributed by atoms with Gasteiger partial charge in [0.05, 0.1) is 18.1 Å². The van der Waals surface area contributed by atoms with Crippen molar-refractivity contribution in [3.05, 3.63) is 72.2 Å². The topological polar surface area (TPSA) is 103 Å². The molecule has 2 N–H and O–H groups in total. The van der Waals surface area contributed by atoms with Crippen LogP contribution in [0.1, 0.15) is 41.7 Å². The molecule has 3 aromatic heterocycles. The standard InChI is InChI=1S/C29H28N6O3/c1-5-29-17-33(26(37)22-15-19-11-8-9-13-35(19)32-22)23(29)16-34(29)27(38)24(28(2,3)4)31-25(36)21-14-18-10-6-7-12-20(18)30-21/h1,6-15,23-24,30H,16-17H2,2-4H3,(H,31,36)/t23?,24-,29?/m1/s1. The van der Waals surface area contributed by atoms with Crippen molar-refractivity contribution in [2.45, 2.75) is 38.4 Å². The second-order valence-electron chi connectivity index (χ2n) is 11.1. The second-order valence-corrected chi connectivity index (χ2v) is 11.1. The van der Waals surface area contributed by atoms with Gasteiger partial charge in [-0.2, -0.15) is 5.10 Å². The van der Waals surface area contributed by atoms with Gasteiger partial charge in [-0.05, 0) is 35.7 Å². The monoisotopic (exact) mass is 508 g/mol. The number of aromatic nitrogens is 3. The van der Waals surface area contributed by atoms with Crippen LogP contribution >= 0.6 is 0 Å². The van der Waals surface area contributed by atoms with Crippen molar-refractivity contribution >= 4 is 34.1 Å². The Morgan fingerprint density at radius 3 is 2.61 bits per heavy atom. The third-order valence-corrected chi connectivity index (χ3v) is 7.70. The number of pyridine rings is 1. The van der Waals surface area contributed by atoms with E-state index in [0.29, 0.717) is 17.9 Å². The molecule has 4 aromatic rings. The zero-order valence-corrected chi connectivity index (χ0v) is 21.4. The number of hydrogen-bond donors (Lipinski definition) is 2. The average molecular weight is 509 g/mol. The molecule has 192 valence electrons. The maximum Gasteiger partial charge on any atom is 0.274 e. The van der Waals surface area contributed by atoms with Crippen LogP contribution in [0.25, 0.3) is 16.4 Å². The number of terminal acetylenes is 1. The third-order valence-electron chi connectivity index (χ3n) is 7.70. The molecule has 0 bridgehead atoms. The summed E-state index contributed by atoms with van der Waals surface area (Å²) in [5, 5.41) is 8.23. The highest BCUT2D eigenvalue weighted by atomic mass is 16.2. The molecule has 0 radical (unpaired) electrons. The summed E-state index contributed by atoms with van der Waals surface area (Å²) in [7, 11) is 0. The number of hydrogen-bond acceptors (Lipinski definition) is 4. The van der Waals surface area contributed by atoms with E-state index in [1.54, 1.807) is 32.6 Å². The number of carbonyl (C=O) groups is 3. The summed E-state index contributed by atoms with van der Waals surface area (Å²) in [6.45, 7) is 6.24. The number of H-pyrrole nitrogens is 1. The first-order chi connectivity index (χ1) is 18.1. The molecule has 2 fully saturated rings. The lowest BCUT2D eigenvalue weighted by Crippen LogP contribution is -2.89. The number of amides is 3. The van der Waals surface area contributed by atoms with Crippen molar-refractivity contribution < 1.29 is 14.4 Å². The highest BCUT2D eigenvalue weighted by Gasteiger charge is 2.67. The molecule has 2 aliphatic heterocycles. The molecule has 38 heavy (non-hydrogen) atoms. The fraction of sp³-hybridized carbons (Fsp3) is 0.310. The number of nitrogens with one attached hydrogen (secondary N) is 2. The summed E-state index contributed by atoms with van der Waals surface area (Å²) in [5.74, 6) is 1.96. The number of nitrogens with zero attached hydrogens (tertiary/aromatic N) is 4. The zero-order valence-electron chi connectivity index (χ0n) is 21.4. The molecule has 2 unspecified atom stereocenters. The largest absolute Gasteiger partial charge is 0.351 e. The molecule has 2 saturated heterocycles. The van der Waals surface area contributed by atoms with Crippen LogP contribution in [-0.2, 0) is 4.79 Å². The van der Waals surface area contributed by atoms with E-state index in [-0.39, 0.29) is 30.3 Å². The smallest absolute Gasteiger partial charge is 0.274 e. The van der Waals surface area contributed by atoms with Gasteiger partial charge < -0.3 is 20.1 Å². The molecule has 6 rings (SSSR count). The number of likely N-dealkylation sites (tertiary alicyclic amines) is 2. The Balaban J connectivity index is 1.19. The van der Waals surface area contributed by atoms with Gasteiger partial charge in [0.1, 0.15) is 17.3 Å². The van der Waals surface area contributed by atoms with Crippen molar-refractivity contribution in [2.24, 2.45) is 5.41 Å². The maximum absolute atomic E-state index is 13.8. The van der Waals surface area contributed by atoms with Crippen molar-refractivity contribution in [2.75, 3.05) is 13.1 Å². The highest BCUT2D eigenvalue weighted by molar-refractivity contribution is 6.01. The molecular formula is C29H28N6O3. The molecule has 5 heterocycles.